The summed E-state index contributed by atoms with van der Waals surface area (Å²) >= 11 is 0. The minimum Gasteiger partial charge on any atom is -0.370 e. The Morgan fingerprint density at radius 1 is 0.880 bits per heavy atom. The Morgan fingerprint density at radius 3 is 2.32 bits per heavy atom. The summed E-state index contributed by atoms with van der Waals surface area (Å²) in [6.45, 7) is 2.00. The van der Waals surface area contributed by atoms with Crippen LogP contribution in [0.15, 0.2) is 54.6 Å². The standard InChI is InChI=1S/C20H23N3O2/c24-19(14-16-8-2-1-3-9-16)21-15-20(25)22-17-10-4-5-11-18(17)23-12-6-7-13-23/h1-5,8-11H,6-7,12-15H2,(H,21,24)(H,22,25). The number of nitrogens with one attached hydrogen (secondary N) is 2. The molecule has 5 nitrogen and oxygen atoms in total. The van der Waals surface area contributed by atoms with Crippen molar-refractivity contribution >= 4 is 23.2 Å². The Hall–Kier alpha value is -2.82. The highest BCUT2D eigenvalue weighted by Gasteiger charge is 2.16. The number of hydrogen-bond donors (Lipinski definition) is 2. The quantitative estimate of drug-likeness (QED) is 0.852. The third-order valence-electron chi connectivity index (χ3n) is 4.28. The van der Waals surface area contributed by atoms with E-state index in [1.807, 2.05) is 54.6 Å². The van der Waals surface area contributed by atoms with Crippen LogP contribution < -0.4 is 15.5 Å². The van der Waals surface area contributed by atoms with Gasteiger partial charge in [-0.15, -0.1) is 0 Å². The van der Waals surface area contributed by atoms with Gasteiger partial charge < -0.3 is 15.5 Å². The summed E-state index contributed by atoms with van der Waals surface area (Å²) in [6.07, 6.45) is 2.63. The lowest BCUT2D eigenvalue weighted by atomic mass is 10.1. The first kappa shape index (κ1) is 17.0. The number of amides is 2. The lowest BCUT2D eigenvalue weighted by Crippen LogP contribution is -2.34. The van der Waals surface area contributed by atoms with Crippen LogP contribution in [0.3, 0.4) is 0 Å². The maximum Gasteiger partial charge on any atom is 0.243 e. The molecule has 2 amide bonds. The normalized spacial score (nSPS) is 13.5. The van der Waals surface area contributed by atoms with Crippen LogP contribution in [0, 0.1) is 0 Å². The lowest BCUT2D eigenvalue weighted by Gasteiger charge is -2.21. The molecule has 2 aromatic rings. The molecule has 2 aromatic carbocycles. The second kappa shape index (κ2) is 8.33. The van der Waals surface area contributed by atoms with Crippen molar-refractivity contribution < 1.29 is 9.59 Å². The van der Waals surface area contributed by atoms with Crippen molar-refractivity contribution in [2.45, 2.75) is 19.3 Å². The Labute approximate surface area is 148 Å². The van der Waals surface area contributed by atoms with Crippen LogP contribution >= 0.6 is 0 Å². The average Bonchev–Trinajstić information content (AvgIpc) is 3.16. The number of benzene rings is 2. The Morgan fingerprint density at radius 2 is 1.56 bits per heavy atom. The third kappa shape index (κ3) is 4.83. The van der Waals surface area contributed by atoms with E-state index in [1.165, 1.54) is 12.8 Å². The summed E-state index contributed by atoms with van der Waals surface area (Å²) in [6, 6.07) is 17.3. The van der Waals surface area contributed by atoms with Gasteiger partial charge in [-0.1, -0.05) is 42.5 Å². The van der Waals surface area contributed by atoms with Gasteiger partial charge >= 0.3 is 0 Å². The second-order valence-electron chi connectivity index (χ2n) is 6.20. The molecule has 1 saturated heterocycles. The van der Waals surface area contributed by atoms with Gasteiger partial charge in [0.2, 0.25) is 11.8 Å². The maximum absolute atomic E-state index is 12.2. The Balaban J connectivity index is 1.52. The van der Waals surface area contributed by atoms with E-state index in [4.69, 9.17) is 0 Å². The molecular weight excluding hydrogens is 314 g/mol. The van der Waals surface area contributed by atoms with Gasteiger partial charge in [-0.2, -0.15) is 0 Å². The highest BCUT2D eigenvalue weighted by Crippen LogP contribution is 2.28. The molecule has 3 rings (SSSR count). The fourth-order valence-electron chi connectivity index (χ4n) is 3.03. The van der Waals surface area contributed by atoms with Crippen molar-refractivity contribution in [3.05, 3.63) is 60.2 Å². The van der Waals surface area contributed by atoms with Crippen molar-refractivity contribution in [1.82, 2.24) is 5.32 Å². The lowest BCUT2D eigenvalue weighted by molar-refractivity contribution is -0.123. The largest absolute Gasteiger partial charge is 0.370 e. The first-order valence-electron chi connectivity index (χ1n) is 8.67. The van der Waals surface area contributed by atoms with Crippen LogP contribution in [0.2, 0.25) is 0 Å². The van der Waals surface area contributed by atoms with E-state index in [1.54, 1.807) is 0 Å². The first-order chi connectivity index (χ1) is 12.2. The molecule has 1 heterocycles. The number of nitrogens with zero attached hydrogens (tertiary/aromatic N) is 1. The Kier molecular flexibility index (Phi) is 5.67. The second-order valence-corrected chi connectivity index (χ2v) is 6.20. The molecule has 2 N–H and O–H groups in total. The molecule has 0 unspecified atom stereocenters. The number of para-hydroxylation sites is 2. The van der Waals surface area contributed by atoms with Gasteiger partial charge in [0.05, 0.1) is 24.3 Å². The van der Waals surface area contributed by atoms with Crippen LogP contribution in [0.4, 0.5) is 11.4 Å². The van der Waals surface area contributed by atoms with Crippen LogP contribution in [-0.4, -0.2) is 31.4 Å². The molecule has 1 aliphatic rings. The van der Waals surface area contributed by atoms with E-state index >= 15 is 0 Å². The molecule has 1 aliphatic heterocycles. The smallest absolute Gasteiger partial charge is 0.243 e. The van der Waals surface area contributed by atoms with Crippen LogP contribution in [0.25, 0.3) is 0 Å². The molecule has 0 bridgehead atoms. The molecule has 0 aromatic heterocycles. The van der Waals surface area contributed by atoms with E-state index < -0.39 is 0 Å². The molecule has 0 aliphatic carbocycles. The summed E-state index contributed by atoms with van der Waals surface area (Å²) in [7, 11) is 0. The van der Waals surface area contributed by atoms with Crippen molar-refractivity contribution in [3.63, 3.8) is 0 Å². The van der Waals surface area contributed by atoms with Gasteiger partial charge in [0.1, 0.15) is 0 Å². The van der Waals surface area contributed by atoms with Gasteiger partial charge in [-0.25, -0.2) is 0 Å². The SMILES string of the molecule is O=C(Cc1ccccc1)NCC(=O)Nc1ccccc1N1CCCC1. The summed E-state index contributed by atoms with van der Waals surface area (Å²) < 4.78 is 0. The van der Waals surface area contributed by atoms with Gasteiger partial charge in [-0.3, -0.25) is 9.59 Å². The zero-order chi connectivity index (χ0) is 17.5. The number of rotatable bonds is 6. The molecule has 5 heteroatoms. The predicted octanol–water partition coefficient (Wildman–Crippen LogP) is 2.58. The summed E-state index contributed by atoms with van der Waals surface area (Å²) in [5.41, 5.74) is 2.77. The molecule has 130 valence electrons. The fraction of sp³-hybridized carbons (Fsp3) is 0.300. The minimum atomic E-state index is -0.215. The van der Waals surface area contributed by atoms with Gasteiger partial charge in [0.25, 0.3) is 0 Å². The number of carbonyl (C=O) groups is 2. The highest BCUT2D eigenvalue weighted by molar-refractivity contribution is 5.97. The van der Waals surface area contributed by atoms with Crippen molar-refractivity contribution in [3.8, 4) is 0 Å². The number of hydrogen-bond acceptors (Lipinski definition) is 3. The van der Waals surface area contributed by atoms with Crippen molar-refractivity contribution in [2.24, 2.45) is 0 Å². The summed E-state index contributed by atoms with van der Waals surface area (Å²) in [5.74, 6) is -0.373. The Bertz CT molecular complexity index is 725. The summed E-state index contributed by atoms with van der Waals surface area (Å²) in [5, 5.41) is 5.59. The summed E-state index contributed by atoms with van der Waals surface area (Å²) in [4.78, 5) is 26.4. The van der Waals surface area contributed by atoms with Crippen molar-refractivity contribution in [2.75, 3.05) is 29.9 Å². The molecule has 0 spiro atoms. The average molecular weight is 337 g/mol. The van der Waals surface area contributed by atoms with Crippen LogP contribution in [0.1, 0.15) is 18.4 Å². The van der Waals surface area contributed by atoms with Gasteiger partial charge in [0.15, 0.2) is 0 Å². The van der Waals surface area contributed by atoms with Crippen LogP contribution in [0.5, 0.6) is 0 Å². The van der Waals surface area contributed by atoms with Crippen molar-refractivity contribution in [1.29, 1.82) is 0 Å². The highest BCUT2D eigenvalue weighted by atomic mass is 16.2. The molecule has 0 radical (unpaired) electrons. The molecule has 0 atom stereocenters. The predicted molar refractivity (Wildman–Crippen MR) is 99.7 cm³/mol. The van der Waals surface area contributed by atoms with E-state index in [2.05, 4.69) is 15.5 Å². The molecular formula is C20H23N3O2. The third-order valence-corrected chi connectivity index (χ3v) is 4.28. The van der Waals surface area contributed by atoms with Crippen LogP contribution in [-0.2, 0) is 16.0 Å². The fourth-order valence-corrected chi connectivity index (χ4v) is 3.03. The molecule has 0 saturated carbocycles. The zero-order valence-electron chi connectivity index (χ0n) is 14.2. The molecule has 25 heavy (non-hydrogen) atoms. The van der Waals surface area contributed by atoms with E-state index in [0.717, 1.165) is 30.0 Å². The minimum absolute atomic E-state index is 0.0278. The van der Waals surface area contributed by atoms with E-state index in [9.17, 15) is 9.59 Å². The van der Waals surface area contributed by atoms with E-state index in [0.29, 0.717) is 0 Å². The van der Waals surface area contributed by atoms with E-state index in [-0.39, 0.29) is 24.8 Å². The number of carbonyl (C=O) groups excluding carboxylic acids is 2. The number of anilines is 2. The topological polar surface area (TPSA) is 61.4 Å². The van der Waals surface area contributed by atoms with Gasteiger partial charge in [0, 0.05) is 13.1 Å². The first-order valence-corrected chi connectivity index (χ1v) is 8.67. The monoisotopic (exact) mass is 337 g/mol. The zero-order valence-corrected chi connectivity index (χ0v) is 14.2. The van der Waals surface area contributed by atoms with Gasteiger partial charge in [-0.05, 0) is 30.5 Å². The maximum atomic E-state index is 12.2. The molecule has 1 fully saturated rings.